The maximum absolute atomic E-state index is 9.27. The Hall–Kier alpha value is -1.37. The highest BCUT2D eigenvalue weighted by Crippen LogP contribution is 2.25. The van der Waals surface area contributed by atoms with Crippen molar-refractivity contribution in [2.24, 2.45) is 5.41 Å². The van der Waals surface area contributed by atoms with Gasteiger partial charge in [-0.15, -0.1) is 0 Å². The van der Waals surface area contributed by atoms with Crippen LogP contribution in [0, 0.1) is 16.7 Å². The molecule has 0 aliphatic carbocycles. The summed E-state index contributed by atoms with van der Waals surface area (Å²) in [4.78, 5) is 2.28. The second kappa shape index (κ2) is 8.04. The second-order valence-corrected chi connectivity index (χ2v) is 6.02. The summed E-state index contributed by atoms with van der Waals surface area (Å²) in [7, 11) is 2.09. The summed E-state index contributed by atoms with van der Waals surface area (Å²) in [6, 6.07) is 12.9. The van der Waals surface area contributed by atoms with Gasteiger partial charge in [-0.3, -0.25) is 4.90 Å². The minimum atomic E-state index is -0.250. The van der Waals surface area contributed by atoms with Gasteiger partial charge < -0.3 is 5.11 Å². The number of nitrogens with zero attached hydrogens (tertiary/aromatic N) is 2. The Kier molecular flexibility index (Phi) is 6.70. The summed E-state index contributed by atoms with van der Waals surface area (Å²) in [6.07, 6.45) is 2.63. The Bertz CT molecular complexity index is 422. The molecule has 1 rings (SSSR count). The number of hydrogen-bond acceptors (Lipinski definition) is 3. The molecule has 0 saturated heterocycles. The third-order valence-electron chi connectivity index (χ3n) is 3.73. The molecular weight excluding hydrogens is 248 g/mol. The van der Waals surface area contributed by atoms with E-state index in [2.05, 4.69) is 30.1 Å². The van der Waals surface area contributed by atoms with E-state index >= 15 is 0 Å². The molecule has 110 valence electrons. The molecule has 1 aromatic carbocycles. The third-order valence-corrected chi connectivity index (χ3v) is 3.73. The molecule has 20 heavy (non-hydrogen) atoms. The van der Waals surface area contributed by atoms with Crippen LogP contribution in [-0.4, -0.2) is 30.2 Å². The van der Waals surface area contributed by atoms with Crippen LogP contribution in [0.3, 0.4) is 0 Å². The third kappa shape index (κ3) is 5.32. The zero-order valence-electron chi connectivity index (χ0n) is 12.8. The molecule has 0 heterocycles. The van der Waals surface area contributed by atoms with E-state index in [-0.39, 0.29) is 18.1 Å². The summed E-state index contributed by atoms with van der Waals surface area (Å²) in [6.45, 7) is 5.09. The van der Waals surface area contributed by atoms with E-state index in [9.17, 15) is 5.11 Å². The molecule has 3 heteroatoms. The van der Waals surface area contributed by atoms with Crippen molar-refractivity contribution in [3.8, 4) is 6.07 Å². The van der Waals surface area contributed by atoms with E-state index in [4.69, 9.17) is 5.26 Å². The lowest BCUT2D eigenvalue weighted by Gasteiger charge is -2.29. The minimum Gasteiger partial charge on any atom is -0.396 e. The largest absolute Gasteiger partial charge is 0.396 e. The van der Waals surface area contributed by atoms with Gasteiger partial charge in [0.1, 0.15) is 0 Å². The Morgan fingerprint density at radius 1 is 1.30 bits per heavy atom. The van der Waals surface area contributed by atoms with Crippen molar-refractivity contribution in [3.63, 3.8) is 0 Å². The first kappa shape index (κ1) is 16.7. The van der Waals surface area contributed by atoms with Crippen LogP contribution < -0.4 is 0 Å². The molecule has 0 aliphatic heterocycles. The van der Waals surface area contributed by atoms with Crippen LogP contribution in [0.4, 0.5) is 0 Å². The monoisotopic (exact) mass is 274 g/mol. The molecular formula is C17H26N2O. The summed E-state index contributed by atoms with van der Waals surface area (Å²) in [5.74, 6) is 0. The number of aliphatic hydroxyl groups excluding tert-OH is 1. The van der Waals surface area contributed by atoms with Gasteiger partial charge in [-0.1, -0.05) is 30.3 Å². The predicted molar refractivity (Wildman–Crippen MR) is 82.1 cm³/mol. The second-order valence-electron chi connectivity index (χ2n) is 6.02. The maximum Gasteiger partial charge on any atom is 0.0683 e. The average Bonchev–Trinajstić information content (AvgIpc) is 2.45. The Morgan fingerprint density at radius 3 is 2.50 bits per heavy atom. The van der Waals surface area contributed by atoms with E-state index < -0.39 is 0 Å². The molecule has 0 aliphatic rings. The first-order valence-electron chi connectivity index (χ1n) is 7.27. The maximum atomic E-state index is 9.27. The number of rotatable bonds is 8. The lowest BCUT2D eigenvalue weighted by molar-refractivity contribution is 0.180. The number of benzene rings is 1. The van der Waals surface area contributed by atoms with Crippen molar-refractivity contribution in [1.29, 1.82) is 5.26 Å². The predicted octanol–water partition coefficient (Wildman–Crippen LogP) is 3.37. The number of hydrogen-bond donors (Lipinski definition) is 1. The molecule has 0 aromatic heterocycles. The Balaban J connectivity index is 2.58. The molecule has 3 nitrogen and oxygen atoms in total. The van der Waals surface area contributed by atoms with Crippen molar-refractivity contribution in [3.05, 3.63) is 35.9 Å². The molecule has 1 atom stereocenters. The highest BCUT2D eigenvalue weighted by Gasteiger charge is 2.19. The summed E-state index contributed by atoms with van der Waals surface area (Å²) in [5, 5.41) is 18.3. The average molecular weight is 274 g/mol. The smallest absolute Gasteiger partial charge is 0.0683 e. The normalized spacial score (nSPS) is 13.2. The van der Waals surface area contributed by atoms with E-state index in [0.29, 0.717) is 0 Å². The van der Waals surface area contributed by atoms with Gasteiger partial charge in [0.15, 0.2) is 0 Å². The Labute approximate surface area is 122 Å². The quantitative estimate of drug-likeness (QED) is 0.790. The zero-order valence-corrected chi connectivity index (χ0v) is 12.8. The molecule has 1 unspecified atom stereocenters. The minimum absolute atomic E-state index is 0.188. The van der Waals surface area contributed by atoms with Crippen LogP contribution in [0.15, 0.2) is 30.3 Å². The summed E-state index contributed by atoms with van der Waals surface area (Å²) in [5.41, 5.74) is 0.989. The van der Waals surface area contributed by atoms with Crippen LogP contribution in [-0.2, 0) is 0 Å². The molecule has 0 radical (unpaired) electrons. The molecule has 0 spiro atoms. The highest BCUT2D eigenvalue weighted by atomic mass is 16.3. The fourth-order valence-electron chi connectivity index (χ4n) is 2.42. The van der Waals surface area contributed by atoms with Gasteiger partial charge in [-0.25, -0.2) is 0 Å². The zero-order chi connectivity index (χ0) is 15.0. The van der Waals surface area contributed by atoms with Crippen molar-refractivity contribution < 1.29 is 5.11 Å². The molecule has 1 N–H and O–H groups in total. The van der Waals surface area contributed by atoms with Crippen LogP contribution in [0.1, 0.15) is 44.7 Å². The van der Waals surface area contributed by atoms with Crippen LogP contribution >= 0.6 is 0 Å². The van der Waals surface area contributed by atoms with Crippen LogP contribution in [0.5, 0.6) is 0 Å². The van der Waals surface area contributed by atoms with E-state index in [1.54, 1.807) is 0 Å². The highest BCUT2D eigenvalue weighted by molar-refractivity contribution is 5.18. The standard InChI is InChI=1S/C17H26N2O/c1-17(2,14-18)11-7-12-19(3)16(10-13-20)15-8-5-4-6-9-15/h4-6,8-9,16,20H,7,10-13H2,1-3H3. The van der Waals surface area contributed by atoms with E-state index in [1.165, 1.54) is 5.56 Å². The van der Waals surface area contributed by atoms with E-state index in [0.717, 1.165) is 25.8 Å². The SMILES string of the molecule is CN(CCCC(C)(C)C#N)C(CCO)c1ccccc1. The molecule has 0 saturated carbocycles. The number of aliphatic hydroxyl groups is 1. The first-order chi connectivity index (χ1) is 9.50. The lowest BCUT2D eigenvalue weighted by Crippen LogP contribution is -2.27. The Morgan fingerprint density at radius 2 is 1.95 bits per heavy atom. The first-order valence-corrected chi connectivity index (χ1v) is 7.27. The molecule has 0 bridgehead atoms. The fourth-order valence-corrected chi connectivity index (χ4v) is 2.42. The lowest BCUT2D eigenvalue weighted by atomic mass is 9.89. The van der Waals surface area contributed by atoms with Gasteiger partial charge in [0.05, 0.1) is 11.5 Å². The molecule has 1 aromatic rings. The van der Waals surface area contributed by atoms with Gasteiger partial charge in [-0.05, 0) is 52.3 Å². The van der Waals surface area contributed by atoms with Crippen LogP contribution in [0.25, 0.3) is 0 Å². The van der Waals surface area contributed by atoms with Crippen molar-refractivity contribution in [1.82, 2.24) is 4.90 Å². The summed E-state index contributed by atoms with van der Waals surface area (Å²) >= 11 is 0. The van der Waals surface area contributed by atoms with Gasteiger partial charge in [0.25, 0.3) is 0 Å². The van der Waals surface area contributed by atoms with Crippen molar-refractivity contribution in [2.45, 2.75) is 39.2 Å². The van der Waals surface area contributed by atoms with Crippen LogP contribution in [0.2, 0.25) is 0 Å². The molecule has 0 fully saturated rings. The van der Waals surface area contributed by atoms with E-state index in [1.807, 2.05) is 32.0 Å². The fraction of sp³-hybridized carbons (Fsp3) is 0.588. The molecule has 0 amide bonds. The van der Waals surface area contributed by atoms with Gasteiger partial charge in [0, 0.05) is 12.6 Å². The summed E-state index contributed by atoms with van der Waals surface area (Å²) < 4.78 is 0. The van der Waals surface area contributed by atoms with Crippen molar-refractivity contribution >= 4 is 0 Å². The van der Waals surface area contributed by atoms with Gasteiger partial charge in [0.2, 0.25) is 0 Å². The van der Waals surface area contributed by atoms with Gasteiger partial charge >= 0.3 is 0 Å². The number of nitriles is 1. The van der Waals surface area contributed by atoms with Gasteiger partial charge in [-0.2, -0.15) is 5.26 Å². The topological polar surface area (TPSA) is 47.3 Å². The van der Waals surface area contributed by atoms with Crippen molar-refractivity contribution in [2.75, 3.05) is 20.2 Å².